The molecule has 2 bridgehead atoms. The number of fused-ring (bicyclic) bond motifs is 2. The molecule has 0 aliphatic carbocycles. The highest BCUT2D eigenvalue weighted by molar-refractivity contribution is 5.69. The molecule has 1 aromatic carbocycles. The molecule has 3 atom stereocenters. The second-order valence-electron chi connectivity index (χ2n) is 8.58. The van der Waals surface area contributed by atoms with Gasteiger partial charge in [0.15, 0.2) is 0 Å². The fraction of sp³-hybridized carbons (Fsp3) is 0.667. The second-order valence-corrected chi connectivity index (χ2v) is 8.58. The highest BCUT2D eigenvalue weighted by Crippen LogP contribution is 2.41. The first-order valence-electron chi connectivity index (χ1n) is 9.39. The van der Waals surface area contributed by atoms with Crippen molar-refractivity contribution < 1.29 is 9.53 Å². The molecule has 2 aliphatic rings. The number of amides is 1. The van der Waals surface area contributed by atoms with E-state index in [1.54, 1.807) is 0 Å². The molecular formula is C21H31NO2. The monoisotopic (exact) mass is 329 g/mol. The lowest BCUT2D eigenvalue weighted by Gasteiger charge is -2.39. The first-order valence-corrected chi connectivity index (χ1v) is 9.39. The molecule has 24 heavy (non-hydrogen) atoms. The SMILES string of the molecule is Cc1ccccc1CC[C@H]1C[C@H]2CC[C@@H](C1)N2C(=O)OC(C)(C)C. The maximum absolute atomic E-state index is 12.5. The van der Waals surface area contributed by atoms with Crippen LogP contribution in [0.25, 0.3) is 0 Å². The molecule has 132 valence electrons. The summed E-state index contributed by atoms with van der Waals surface area (Å²) in [6.45, 7) is 8.04. The summed E-state index contributed by atoms with van der Waals surface area (Å²) in [6, 6.07) is 9.47. The summed E-state index contributed by atoms with van der Waals surface area (Å²) in [5, 5.41) is 0. The van der Waals surface area contributed by atoms with E-state index in [4.69, 9.17) is 4.74 Å². The van der Waals surface area contributed by atoms with E-state index in [1.165, 1.54) is 17.5 Å². The Bertz CT molecular complexity index is 576. The molecule has 0 radical (unpaired) electrons. The van der Waals surface area contributed by atoms with Crippen molar-refractivity contribution in [2.24, 2.45) is 5.92 Å². The normalized spacial score (nSPS) is 26.5. The van der Waals surface area contributed by atoms with Crippen LogP contribution in [0, 0.1) is 12.8 Å². The zero-order valence-corrected chi connectivity index (χ0v) is 15.5. The van der Waals surface area contributed by atoms with Crippen molar-refractivity contribution in [1.29, 1.82) is 0 Å². The zero-order chi connectivity index (χ0) is 17.3. The van der Waals surface area contributed by atoms with Crippen LogP contribution >= 0.6 is 0 Å². The van der Waals surface area contributed by atoms with Gasteiger partial charge in [0, 0.05) is 12.1 Å². The average Bonchev–Trinajstić information content (AvgIpc) is 2.76. The Kier molecular flexibility index (Phi) is 4.89. The highest BCUT2D eigenvalue weighted by atomic mass is 16.6. The van der Waals surface area contributed by atoms with Gasteiger partial charge in [-0.3, -0.25) is 0 Å². The molecule has 2 aliphatic heterocycles. The van der Waals surface area contributed by atoms with Gasteiger partial charge in [-0.25, -0.2) is 4.79 Å². The molecule has 3 nitrogen and oxygen atoms in total. The van der Waals surface area contributed by atoms with Crippen LogP contribution in [0.5, 0.6) is 0 Å². The maximum Gasteiger partial charge on any atom is 0.410 e. The topological polar surface area (TPSA) is 29.5 Å². The first-order chi connectivity index (χ1) is 11.3. The number of carbonyl (C=O) groups is 1. The van der Waals surface area contributed by atoms with Crippen molar-refractivity contribution in [3.8, 4) is 0 Å². The summed E-state index contributed by atoms with van der Waals surface area (Å²) in [7, 11) is 0. The lowest BCUT2D eigenvalue weighted by molar-refractivity contribution is 0.00166. The molecule has 0 N–H and O–H groups in total. The van der Waals surface area contributed by atoms with Crippen molar-refractivity contribution in [2.75, 3.05) is 0 Å². The van der Waals surface area contributed by atoms with E-state index in [2.05, 4.69) is 36.1 Å². The summed E-state index contributed by atoms with van der Waals surface area (Å²) >= 11 is 0. The van der Waals surface area contributed by atoms with Crippen molar-refractivity contribution in [3.05, 3.63) is 35.4 Å². The van der Waals surface area contributed by atoms with Gasteiger partial charge in [-0.15, -0.1) is 0 Å². The van der Waals surface area contributed by atoms with Crippen LogP contribution in [0.15, 0.2) is 24.3 Å². The van der Waals surface area contributed by atoms with Gasteiger partial charge in [-0.05, 0) is 83.3 Å². The van der Waals surface area contributed by atoms with Crippen LogP contribution in [-0.4, -0.2) is 28.7 Å². The van der Waals surface area contributed by atoms with Crippen molar-refractivity contribution >= 4 is 6.09 Å². The third-order valence-electron chi connectivity index (χ3n) is 5.52. The second kappa shape index (κ2) is 6.78. The molecule has 1 aromatic rings. The molecule has 0 spiro atoms. The fourth-order valence-corrected chi connectivity index (χ4v) is 4.39. The predicted molar refractivity (Wildman–Crippen MR) is 97.1 cm³/mol. The van der Waals surface area contributed by atoms with E-state index < -0.39 is 5.60 Å². The number of piperidine rings is 1. The van der Waals surface area contributed by atoms with Gasteiger partial charge in [0.1, 0.15) is 5.60 Å². The van der Waals surface area contributed by atoms with Crippen molar-refractivity contribution in [2.45, 2.75) is 83.9 Å². The summed E-state index contributed by atoms with van der Waals surface area (Å²) < 4.78 is 5.63. The van der Waals surface area contributed by atoms with Gasteiger partial charge < -0.3 is 9.64 Å². The number of ether oxygens (including phenoxy) is 1. The van der Waals surface area contributed by atoms with Crippen LogP contribution < -0.4 is 0 Å². The molecule has 0 unspecified atom stereocenters. The zero-order valence-electron chi connectivity index (χ0n) is 15.5. The minimum absolute atomic E-state index is 0.104. The van der Waals surface area contributed by atoms with Crippen LogP contribution in [0.2, 0.25) is 0 Å². The Labute approximate surface area is 146 Å². The fourth-order valence-electron chi connectivity index (χ4n) is 4.39. The Morgan fingerprint density at radius 3 is 2.38 bits per heavy atom. The van der Waals surface area contributed by atoms with E-state index >= 15 is 0 Å². The number of benzene rings is 1. The van der Waals surface area contributed by atoms with Crippen molar-refractivity contribution in [1.82, 2.24) is 4.90 Å². The minimum atomic E-state index is -0.405. The van der Waals surface area contributed by atoms with Crippen LogP contribution in [0.1, 0.15) is 64.0 Å². The third kappa shape index (κ3) is 3.93. The number of hydrogen-bond donors (Lipinski definition) is 0. The Morgan fingerprint density at radius 1 is 1.17 bits per heavy atom. The highest BCUT2D eigenvalue weighted by Gasteiger charge is 2.44. The standard InChI is InChI=1S/C21H31NO2/c1-15-7-5-6-8-17(15)10-9-16-13-18-11-12-19(14-16)22(18)20(23)24-21(2,3)4/h5-8,16,18-19H,9-14H2,1-4H3/t16-,18+,19-. The van der Waals surface area contributed by atoms with Crippen LogP contribution in [0.3, 0.4) is 0 Å². The van der Waals surface area contributed by atoms with E-state index in [-0.39, 0.29) is 6.09 Å². The third-order valence-corrected chi connectivity index (χ3v) is 5.52. The molecular weight excluding hydrogens is 298 g/mol. The number of carbonyl (C=O) groups excluding carboxylic acids is 1. The molecule has 0 aromatic heterocycles. The Morgan fingerprint density at radius 2 is 1.79 bits per heavy atom. The van der Waals surface area contributed by atoms with Gasteiger partial charge >= 0.3 is 6.09 Å². The van der Waals surface area contributed by atoms with Gasteiger partial charge in [-0.1, -0.05) is 24.3 Å². The lowest BCUT2D eigenvalue weighted by atomic mass is 9.86. The number of rotatable bonds is 3. The Hall–Kier alpha value is -1.51. The maximum atomic E-state index is 12.5. The van der Waals surface area contributed by atoms with Crippen LogP contribution in [-0.2, 0) is 11.2 Å². The molecule has 2 heterocycles. The number of nitrogens with zero attached hydrogens (tertiary/aromatic N) is 1. The summed E-state index contributed by atoms with van der Waals surface area (Å²) in [5.74, 6) is 0.737. The predicted octanol–water partition coefficient (Wildman–Crippen LogP) is 5.11. The quantitative estimate of drug-likeness (QED) is 0.771. The average molecular weight is 329 g/mol. The molecule has 2 fully saturated rings. The largest absolute Gasteiger partial charge is 0.444 e. The lowest BCUT2D eigenvalue weighted by Crippen LogP contribution is -2.48. The molecule has 1 amide bonds. The van der Waals surface area contributed by atoms with Gasteiger partial charge in [0.05, 0.1) is 0 Å². The first kappa shape index (κ1) is 17.3. The Balaban J connectivity index is 1.57. The molecule has 3 heteroatoms. The van der Waals surface area contributed by atoms with E-state index in [1.807, 2.05) is 20.8 Å². The van der Waals surface area contributed by atoms with Crippen LogP contribution in [0.4, 0.5) is 4.79 Å². The number of aryl methyl sites for hydroxylation is 2. The summed E-state index contributed by atoms with van der Waals surface area (Å²) in [5.41, 5.74) is 2.46. The van der Waals surface area contributed by atoms with E-state index in [0.717, 1.165) is 38.0 Å². The van der Waals surface area contributed by atoms with Gasteiger partial charge in [0.25, 0.3) is 0 Å². The molecule has 3 rings (SSSR count). The van der Waals surface area contributed by atoms with E-state index in [9.17, 15) is 4.79 Å². The minimum Gasteiger partial charge on any atom is -0.444 e. The van der Waals surface area contributed by atoms with Gasteiger partial charge in [-0.2, -0.15) is 0 Å². The smallest absolute Gasteiger partial charge is 0.410 e. The van der Waals surface area contributed by atoms with Gasteiger partial charge in [0.2, 0.25) is 0 Å². The number of hydrogen-bond acceptors (Lipinski definition) is 2. The summed E-state index contributed by atoms with van der Waals surface area (Å²) in [4.78, 5) is 14.6. The molecule has 0 saturated carbocycles. The van der Waals surface area contributed by atoms with E-state index in [0.29, 0.717) is 12.1 Å². The summed E-state index contributed by atoms with van der Waals surface area (Å²) in [6.07, 6.45) is 6.86. The molecule has 2 saturated heterocycles. The van der Waals surface area contributed by atoms with Crippen molar-refractivity contribution in [3.63, 3.8) is 0 Å².